The second-order valence-corrected chi connectivity index (χ2v) is 6.42. The molecule has 2 aromatic rings. The minimum absolute atomic E-state index is 0.0245. The summed E-state index contributed by atoms with van der Waals surface area (Å²) >= 11 is 4.86. The van der Waals surface area contributed by atoms with E-state index in [4.69, 9.17) is 9.84 Å². The van der Waals surface area contributed by atoms with Crippen LogP contribution in [0, 0.1) is 0 Å². The largest absolute Gasteiger partial charge is 0.481 e. The molecule has 0 radical (unpaired) electrons. The monoisotopic (exact) mass is 350 g/mol. The number of ether oxygens (including phenoxy) is 1. The Bertz CT molecular complexity index is 672. The van der Waals surface area contributed by atoms with Crippen molar-refractivity contribution in [3.8, 4) is 11.5 Å². The molecule has 3 nitrogen and oxygen atoms in total. The highest BCUT2D eigenvalue weighted by Crippen LogP contribution is 2.49. The lowest BCUT2D eigenvalue weighted by molar-refractivity contribution is -0.133. The molecular formula is C15H11BrO3S. The third-order valence-corrected chi connectivity index (χ3v) is 4.80. The fraction of sp³-hybridized carbons (Fsp3) is 0.133. The average Bonchev–Trinajstić information content (AvgIpc) is 2.43. The van der Waals surface area contributed by atoms with Gasteiger partial charge in [-0.25, -0.2) is 0 Å². The number of hydrogen-bond donors (Lipinski definition) is 1. The number of hydrogen-bond acceptors (Lipinski definition) is 3. The number of rotatable bonds is 3. The number of para-hydroxylation sites is 1. The Kier molecular flexibility index (Phi) is 3.72. The normalized spacial score (nSPS) is 15.9. The standard InChI is InChI=1S/C15H11BrO3S/c16-9-5-6-13-11(7-9)15(20-8-14(17)18)10-3-1-2-4-12(10)19-13/h1-7,15H,8H2,(H,17,18). The molecule has 0 saturated carbocycles. The van der Waals surface area contributed by atoms with E-state index in [0.717, 1.165) is 27.1 Å². The summed E-state index contributed by atoms with van der Waals surface area (Å²) in [5, 5.41) is 8.91. The number of carboxylic acid groups (broad SMARTS) is 1. The molecule has 1 aliphatic heterocycles. The van der Waals surface area contributed by atoms with Gasteiger partial charge in [0.25, 0.3) is 0 Å². The number of benzene rings is 2. The molecule has 20 heavy (non-hydrogen) atoms. The molecule has 0 amide bonds. The molecule has 5 heteroatoms. The molecule has 1 N–H and O–H groups in total. The van der Waals surface area contributed by atoms with Gasteiger partial charge in [0.05, 0.1) is 11.0 Å². The summed E-state index contributed by atoms with van der Waals surface area (Å²) in [6, 6.07) is 13.6. The van der Waals surface area contributed by atoms with Gasteiger partial charge in [0.15, 0.2) is 0 Å². The van der Waals surface area contributed by atoms with Crippen molar-refractivity contribution in [2.45, 2.75) is 5.25 Å². The lowest BCUT2D eigenvalue weighted by Crippen LogP contribution is -2.10. The van der Waals surface area contributed by atoms with Gasteiger partial charge >= 0.3 is 5.97 Å². The van der Waals surface area contributed by atoms with Crippen molar-refractivity contribution in [2.24, 2.45) is 0 Å². The van der Waals surface area contributed by atoms with E-state index in [9.17, 15) is 4.79 Å². The molecule has 3 rings (SSSR count). The zero-order valence-corrected chi connectivity index (χ0v) is 12.8. The third-order valence-electron chi connectivity index (χ3n) is 3.05. The van der Waals surface area contributed by atoms with Gasteiger partial charge in [0, 0.05) is 15.6 Å². The lowest BCUT2D eigenvalue weighted by atomic mass is 10.00. The number of fused-ring (bicyclic) bond motifs is 2. The molecule has 0 bridgehead atoms. The van der Waals surface area contributed by atoms with Crippen LogP contribution in [0.5, 0.6) is 11.5 Å². The Morgan fingerprint density at radius 2 is 1.95 bits per heavy atom. The first kappa shape index (κ1) is 13.5. The smallest absolute Gasteiger partial charge is 0.313 e. The molecular weight excluding hydrogens is 340 g/mol. The molecule has 2 aromatic carbocycles. The Hall–Kier alpha value is -1.46. The van der Waals surface area contributed by atoms with Crippen molar-refractivity contribution in [1.82, 2.24) is 0 Å². The third kappa shape index (κ3) is 2.55. The van der Waals surface area contributed by atoms with E-state index >= 15 is 0 Å². The van der Waals surface area contributed by atoms with Crippen molar-refractivity contribution >= 4 is 33.7 Å². The minimum atomic E-state index is -0.810. The van der Waals surface area contributed by atoms with Crippen LogP contribution < -0.4 is 4.74 Å². The number of thioether (sulfide) groups is 1. The summed E-state index contributed by atoms with van der Waals surface area (Å²) in [5.41, 5.74) is 2.02. The van der Waals surface area contributed by atoms with Gasteiger partial charge in [0.2, 0.25) is 0 Å². The van der Waals surface area contributed by atoms with E-state index in [1.807, 2.05) is 42.5 Å². The summed E-state index contributed by atoms with van der Waals surface area (Å²) in [4.78, 5) is 10.9. The highest BCUT2D eigenvalue weighted by molar-refractivity contribution is 9.10. The van der Waals surface area contributed by atoms with Crippen molar-refractivity contribution < 1.29 is 14.6 Å². The Morgan fingerprint density at radius 3 is 2.75 bits per heavy atom. The maximum Gasteiger partial charge on any atom is 0.313 e. The molecule has 1 unspecified atom stereocenters. The van der Waals surface area contributed by atoms with E-state index in [1.54, 1.807) is 0 Å². The Balaban J connectivity index is 2.06. The van der Waals surface area contributed by atoms with Crippen LogP contribution in [0.15, 0.2) is 46.9 Å². The highest BCUT2D eigenvalue weighted by atomic mass is 79.9. The number of carboxylic acids is 1. The number of carbonyl (C=O) groups is 1. The first-order valence-electron chi connectivity index (χ1n) is 6.05. The SMILES string of the molecule is O=C(O)CSC1c2ccccc2Oc2ccc(Br)cc21. The van der Waals surface area contributed by atoms with Gasteiger partial charge in [-0.3, -0.25) is 4.79 Å². The van der Waals surface area contributed by atoms with E-state index in [1.165, 1.54) is 11.8 Å². The molecule has 1 heterocycles. The van der Waals surface area contributed by atoms with Gasteiger partial charge in [0.1, 0.15) is 11.5 Å². The van der Waals surface area contributed by atoms with E-state index in [-0.39, 0.29) is 11.0 Å². The zero-order chi connectivity index (χ0) is 14.1. The summed E-state index contributed by atoms with van der Waals surface area (Å²) in [6.07, 6.45) is 0. The zero-order valence-electron chi connectivity index (χ0n) is 10.4. The molecule has 0 aromatic heterocycles. The van der Waals surface area contributed by atoms with Crippen molar-refractivity contribution in [1.29, 1.82) is 0 Å². The van der Waals surface area contributed by atoms with Crippen LogP contribution in [-0.4, -0.2) is 16.8 Å². The van der Waals surface area contributed by atoms with Crippen molar-refractivity contribution in [3.63, 3.8) is 0 Å². The molecule has 1 aliphatic rings. The van der Waals surface area contributed by atoms with Crippen molar-refractivity contribution in [3.05, 3.63) is 58.1 Å². The number of aliphatic carboxylic acids is 1. The van der Waals surface area contributed by atoms with Crippen LogP contribution in [0.25, 0.3) is 0 Å². The van der Waals surface area contributed by atoms with Crippen LogP contribution in [0.4, 0.5) is 0 Å². The van der Waals surface area contributed by atoms with Crippen LogP contribution in [0.2, 0.25) is 0 Å². The van der Waals surface area contributed by atoms with Crippen LogP contribution in [0.1, 0.15) is 16.4 Å². The number of halogens is 1. The summed E-state index contributed by atoms with van der Waals surface area (Å²) < 4.78 is 6.85. The van der Waals surface area contributed by atoms with Gasteiger partial charge < -0.3 is 9.84 Å². The molecule has 0 fully saturated rings. The second kappa shape index (κ2) is 5.50. The van der Waals surface area contributed by atoms with Crippen LogP contribution in [0.3, 0.4) is 0 Å². The van der Waals surface area contributed by atoms with Gasteiger partial charge in [-0.1, -0.05) is 34.1 Å². The van der Waals surface area contributed by atoms with Crippen molar-refractivity contribution in [2.75, 3.05) is 5.75 Å². The average molecular weight is 351 g/mol. The fourth-order valence-corrected chi connectivity index (χ4v) is 3.65. The maximum absolute atomic E-state index is 10.9. The van der Waals surface area contributed by atoms with E-state index in [2.05, 4.69) is 15.9 Å². The maximum atomic E-state index is 10.9. The van der Waals surface area contributed by atoms with E-state index in [0.29, 0.717) is 0 Å². The van der Waals surface area contributed by atoms with Gasteiger partial charge in [-0.15, -0.1) is 11.8 Å². The Labute approximate surface area is 129 Å². The first-order chi connectivity index (χ1) is 9.65. The quantitative estimate of drug-likeness (QED) is 0.887. The lowest BCUT2D eigenvalue weighted by Gasteiger charge is -2.27. The summed E-state index contributed by atoms with van der Waals surface area (Å²) in [5.74, 6) is 0.834. The molecule has 1 atom stereocenters. The fourth-order valence-electron chi connectivity index (χ4n) is 2.23. The minimum Gasteiger partial charge on any atom is -0.481 e. The van der Waals surface area contributed by atoms with Crippen LogP contribution in [-0.2, 0) is 4.79 Å². The summed E-state index contributed by atoms with van der Waals surface area (Å²) in [6.45, 7) is 0. The summed E-state index contributed by atoms with van der Waals surface area (Å²) in [7, 11) is 0. The second-order valence-electron chi connectivity index (χ2n) is 4.41. The highest BCUT2D eigenvalue weighted by Gasteiger charge is 2.28. The van der Waals surface area contributed by atoms with Gasteiger partial charge in [-0.2, -0.15) is 0 Å². The molecule has 0 saturated heterocycles. The topological polar surface area (TPSA) is 46.5 Å². The molecule has 102 valence electrons. The predicted molar refractivity (Wildman–Crippen MR) is 82.6 cm³/mol. The molecule has 0 spiro atoms. The predicted octanol–water partition coefficient (Wildman–Crippen LogP) is 4.46. The Morgan fingerprint density at radius 1 is 1.20 bits per heavy atom. The molecule has 0 aliphatic carbocycles. The van der Waals surface area contributed by atoms with Gasteiger partial charge in [-0.05, 0) is 24.3 Å². The van der Waals surface area contributed by atoms with Crippen LogP contribution >= 0.6 is 27.7 Å². The van der Waals surface area contributed by atoms with E-state index < -0.39 is 5.97 Å². The first-order valence-corrected chi connectivity index (χ1v) is 7.89.